The fraction of sp³-hybridized carbons (Fsp3) is 0.600. The fourth-order valence-electron chi connectivity index (χ4n) is 3.86. The van der Waals surface area contributed by atoms with E-state index < -0.39 is 11.9 Å². The molecule has 1 aliphatic heterocycles. The van der Waals surface area contributed by atoms with Gasteiger partial charge in [0.1, 0.15) is 5.82 Å². The van der Waals surface area contributed by atoms with Crippen molar-refractivity contribution in [1.29, 1.82) is 0 Å². The predicted octanol–water partition coefficient (Wildman–Crippen LogP) is 3.77. The molecule has 8 heteroatoms. The van der Waals surface area contributed by atoms with Gasteiger partial charge in [0.2, 0.25) is 5.28 Å². The van der Waals surface area contributed by atoms with Gasteiger partial charge in [0, 0.05) is 19.2 Å². The molecule has 2 aliphatic rings. The second-order valence-electron chi connectivity index (χ2n) is 6.61. The van der Waals surface area contributed by atoms with E-state index >= 15 is 0 Å². The van der Waals surface area contributed by atoms with Gasteiger partial charge in [-0.2, -0.15) is 13.2 Å². The van der Waals surface area contributed by atoms with Crippen LogP contribution in [0.15, 0.2) is 18.4 Å². The zero-order valence-electron chi connectivity index (χ0n) is 13.0. The number of piperidine rings is 1. The maximum atomic E-state index is 12.9. The number of hydrogen-bond acceptors (Lipinski definition) is 4. The highest BCUT2D eigenvalue weighted by atomic mass is 35.5. The summed E-state index contributed by atoms with van der Waals surface area (Å²) >= 11 is 5.67. The van der Waals surface area contributed by atoms with Gasteiger partial charge in [-0.1, -0.05) is 13.8 Å². The van der Waals surface area contributed by atoms with Gasteiger partial charge >= 0.3 is 6.18 Å². The maximum Gasteiger partial charge on any atom is 0.433 e. The molecule has 0 radical (unpaired) electrons. The van der Waals surface area contributed by atoms with E-state index in [4.69, 9.17) is 16.3 Å². The van der Waals surface area contributed by atoms with Crippen molar-refractivity contribution < 1.29 is 17.9 Å². The molecule has 0 bridgehead atoms. The van der Waals surface area contributed by atoms with Gasteiger partial charge in [-0.15, -0.1) is 0 Å². The normalized spacial score (nSPS) is 33.2. The molecule has 0 N–H and O–H groups in total. The Morgan fingerprint density at radius 2 is 1.91 bits per heavy atom. The quantitative estimate of drug-likeness (QED) is 0.616. The van der Waals surface area contributed by atoms with Crippen LogP contribution >= 0.6 is 11.6 Å². The summed E-state index contributed by atoms with van der Waals surface area (Å²) in [5.41, 5.74) is -1.05. The molecule has 1 aliphatic carbocycles. The number of methoxy groups -OCH3 is 1. The van der Waals surface area contributed by atoms with Crippen molar-refractivity contribution in [2.45, 2.75) is 20.0 Å². The molecule has 0 aromatic carbocycles. The summed E-state index contributed by atoms with van der Waals surface area (Å²) in [6.45, 7) is 5.50. The second kappa shape index (κ2) is 5.00. The summed E-state index contributed by atoms with van der Waals surface area (Å²) in [5.74, 6) is 0.562. The summed E-state index contributed by atoms with van der Waals surface area (Å²) in [7, 11) is 1.59. The van der Waals surface area contributed by atoms with Crippen LogP contribution in [0.5, 0.6) is 0 Å². The van der Waals surface area contributed by atoms with Crippen molar-refractivity contribution in [3.8, 4) is 0 Å². The summed E-state index contributed by atoms with van der Waals surface area (Å²) in [5, 5.41) is -0.387. The first-order chi connectivity index (χ1) is 10.6. The fourth-order valence-corrected chi connectivity index (χ4v) is 4.04. The molecule has 1 saturated heterocycles. The molecule has 4 nitrogen and oxygen atoms in total. The summed E-state index contributed by atoms with van der Waals surface area (Å²) in [6, 6.07) is 0.962. The molecular formula is C15H17ClF3N3O. The van der Waals surface area contributed by atoms with E-state index in [0.717, 1.165) is 6.07 Å². The summed E-state index contributed by atoms with van der Waals surface area (Å²) < 4.78 is 43.6. The first kappa shape index (κ1) is 16.4. The average molecular weight is 348 g/mol. The van der Waals surface area contributed by atoms with Crippen molar-refractivity contribution in [2.24, 2.45) is 16.7 Å². The molecule has 1 aromatic heterocycles. The van der Waals surface area contributed by atoms with Crippen molar-refractivity contribution in [3.05, 3.63) is 29.4 Å². The zero-order chi connectivity index (χ0) is 17.0. The lowest BCUT2D eigenvalue weighted by atomic mass is 10.0. The number of nitrogens with zero attached hydrogens (tertiary/aromatic N) is 3. The Morgan fingerprint density at radius 3 is 2.43 bits per heavy atom. The van der Waals surface area contributed by atoms with Crippen molar-refractivity contribution >= 4 is 17.4 Å². The van der Waals surface area contributed by atoms with Crippen LogP contribution in [0.1, 0.15) is 19.5 Å². The Morgan fingerprint density at radius 1 is 1.30 bits per heavy atom. The zero-order valence-corrected chi connectivity index (χ0v) is 13.7. The highest BCUT2D eigenvalue weighted by Gasteiger charge is 2.74. The van der Waals surface area contributed by atoms with E-state index in [9.17, 15) is 13.2 Å². The SMILES string of the molecule is CO/C=C/C1[C@]2(C)CN(c3cc(C(F)(F)F)nc(Cl)n3)C[C@]12C. The van der Waals surface area contributed by atoms with Crippen molar-refractivity contribution in [3.63, 3.8) is 0 Å². The van der Waals surface area contributed by atoms with Gasteiger partial charge in [0.05, 0.1) is 13.4 Å². The Kier molecular flexibility index (Phi) is 3.55. The van der Waals surface area contributed by atoms with Crippen LogP contribution < -0.4 is 4.90 Å². The number of anilines is 1. The molecule has 1 unspecified atom stereocenters. The molecule has 3 atom stereocenters. The largest absolute Gasteiger partial charge is 0.505 e. The molecule has 1 saturated carbocycles. The van der Waals surface area contributed by atoms with Crippen molar-refractivity contribution in [1.82, 2.24) is 9.97 Å². The molecule has 23 heavy (non-hydrogen) atoms. The number of halogens is 4. The molecule has 0 amide bonds. The van der Waals surface area contributed by atoms with E-state index in [0.29, 0.717) is 19.0 Å². The number of aromatic nitrogens is 2. The monoisotopic (exact) mass is 347 g/mol. The van der Waals surface area contributed by atoms with Crippen LogP contribution in [-0.4, -0.2) is 30.2 Å². The maximum absolute atomic E-state index is 12.9. The lowest BCUT2D eigenvalue weighted by molar-refractivity contribution is -0.141. The Hall–Kier alpha value is -1.50. The molecule has 126 valence electrons. The van der Waals surface area contributed by atoms with Gasteiger partial charge in [-0.25, -0.2) is 9.97 Å². The summed E-state index contributed by atoms with van der Waals surface area (Å²) in [4.78, 5) is 9.09. The number of ether oxygens (including phenoxy) is 1. The van der Waals surface area contributed by atoms with E-state index in [1.165, 1.54) is 0 Å². The lowest BCUT2D eigenvalue weighted by Gasteiger charge is -2.24. The van der Waals surface area contributed by atoms with Gasteiger partial charge < -0.3 is 9.64 Å². The third kappa shape index (κ3) is 2.45. The average Bonchev–Trinajstić information content (AvgIpc) is 2.72. The van der Waals surface area contributed by atoms with Crippen LogP contribution in [0.4, 0.5) is 19.0 Å². The minimum atomic E-state index is -4.54. The molecule has 1 aromatic rings. The number of alkyl halides is 3. The Bertz CT molecular complexity index is 648. The first-order valence-corrected chi connectivity index (χ1v) is 7.56. The van der Waals surface area contributed by atoms with Crippen LogP contribution in [-0.2, 0) is 10.9 Å². The first-order valence-electron chi connectivity index (χ1n) is 7.18. The Labute approximate surface area is 137 Å². The minimum Gasteiger partial charge on any atom is -0.505 e. The van der Waals surface area contributed by atoms with Gasteiger partial charge in [0.15, 0.2) is 5.69 Å². The van der Waals surface area contributed by atoms with E-state index in [1.54, 1.807) is 13.4 Å². The van der Waals surface area contributed by atoms with E-state index in [-0.39, 0.29) is 21.9 Å². The van der Waals surface area contributed by atoms with Crippen LogP contribution in [0.2, 0.25) is 5.28 Å². The molecule has 0 spiro atoms. The third-order valence-electron chi connectivity index (χ3n) is 5.34. The van der Waals surface area contributed by atoms with Gasteiger partial charge in [-0.3, -0.25) is 0 Å². The number of rotatable bonds is 3. The topological polar surface area (TPSA) is 38.2 Å². The van der Waals surface area contributed by atoms with Gasteiger partial charge in [0.25, 0.3) is 0 Å². The predicted molar refractivity (Wildman–Crippen MR) is 80.1 cm³/mol. The second-order valence-corrected chi connectivity index (χ2v) is 6.95. The highest BCUT2D eigenvalue weighted by Crippen LogP contribution is 2.73. The highest BCUT2D eigenvalue weighted by molar-refractivity contribution is 6.28. The standard InChI is InChI=1S/C15H17ClF3N3O/c1-13-7-22(8-14(13,2)9(13)4-5-23-3)11-6-10(15(17,18)19)20-12(16)21-11/h4-6,9H,7-8H2,1-3H3/b5-4+/t9?,13-,14+. The summed E-state index contributed by atoms with van der Waals surface area (Å²) in [6.07, 6.45) is -0.861. The number of hydrogen-bond donors (Lipinski definition) is 0. The van der Waals surface area contributed by atoms with Crippen LogP contribution in [0.3, 0.4) is 0 Å². The molecule has 2 heterocycles. The molecular weight excluding hydrogens is 331 g/mol. The van der Waals surface area contributed by atoms with Crippen LogP contribution in [0, 0.1) is 16.7 Å². The lowest BCUT2D eigenvalue weighted by Crippen LogP contribution is -2.28. The van der Waals surface area contributed by atoms with Crippen molar-refractivity contribution in [2.75, 3.05) is 25.1 Å². The smallest absolute Gasteiger partial charge is 0.433 e. The van der Waals surface area contributed by atoms with E-state index in [2.05, 4.69) is 23.8 Å². The third-order valence-corrected chi connectivity index (χ3v) is 5.51. The molecule has 3 rings (SSSR count). The number of allylic oxidation sites excluding steroid dienone is 1. The van der Waals surface area contributed by atoms with Crippen LogP contribution in [0.25, 0.3) is 0 Å². The van der Waals surface area contributed by atoms with Gasteiger partial charge in [-0.05, 0) is 34.4 Å². The molecule has 2 fully saturated rings. The Balaban J connectivity index is 1.85. The van der Waals surface area contributed by atoms with E-state index in [1.807, 2.05) is 11.0 Å². The minimum absolute atomic E-state index is 0.0160. The number of fused-ring (bicyclic) bond motifs is 1.